The summed E-state index contributed by atoms with van der Waals surface area (Å²) in [4.78, 5) is 16.1. The molecule has 0 bridgehead atoms. The molecule has 0 aromatic heterocycles. The SMILES string of the molecule is CCCCOCCCNC(=NC)NCCNC(=O)c1ccc(C)c(F)c1. The predicted molar refractivity (Wildman–Crippen MR) is 103 cm³/mol. The number of rotatable bonds is 11. The highest BCUT2D eigenvalue weighted by atomic mass is 19.1. The number of hydrogen-bond donors (Lipinski definition) is 3. The van der Waals surface area contributed by atoms with Crippen molar-refractivity contribution in [2.24, 2.45) is 4.99 Å². The Balaban J connectivity index is 2.16. The van der Waals surface area contributed by atoms with Gasteiger partial charge in [0.15, 0.2) is 5.96 Å². The number of guanidine groups is 1. The summed E-state index contributed by atoms with van der Waals surface area (Å²) in [5.41, 5.74) is 0.840. The van der Waals surface area contributed by atoms with Crippen molar-refractivity contribution >= 4 is 11.9 Å². The zero-order valence-electron chi connectivity index (χ0n) is 16.0. The van der Waals surface area contributed by atoms with Gasteiger partial charge in [0.2, 0.25) is 0 Å². The van der Waals surface area contributed by atoms with Crippen molar-refractivity contribution < 1.29 is 13.9 Å². The van der Waals surface area contributed by atoms with Gasteiger partial charge in [0.1, 0.15) is 5.82 Å². The molecular weight excluding hydrogens is 335 g/mol. The number of aliphatic imine (C=N–C) groups is 1. The van der Waals surface area contributed by atoms with E-state index in [1.165, 1.54) is 6.07 Å². The minimum Gasteiger partial charge on any atom is -0.381 e. The summed E-state index contributed by atoms with van der Waals surface area (Å²) in [7, 11) is 1.70. The summed E-state index contributed by atoms with van der Waals surface area (Å²) in [6, 6.07) is 4.46. The average molecular weight is 366 g/mol. The first kappa shape index (κ1) is 21.9. The van der Waals surface area contributed by atoms with E-state index in [0.717, 1.165) is 39.0 Å². The molecule has 0 radical (unpaired) electrons. The van der Waals surface area contributed by atoms with E-state index in [4.69, 9.17) is 4.74 Å². The number of nitrogens with one attached hydrogen (secondary N) is 3. The number of aryl methyl sites for hydroxylation is 1. The van der Waals surface area contributed by atoms with Crippen LogP contribution in [-0.2, 0) is 4.74 Å². The molecule has 1 rings (SSSR count). The van der Waals surface area contributed by atoms with E-state index >= 15 is 0 Å². The highest BCUT2D eigenvalue weighted by Crippen LogP contribution is 2.08. The quantitative estimate of drug-likeness (QED) is 0.319. The highest BCUT2D eigenvalue weighted by molar-refractivity contribution is 5.94. The van der Waals surface area contributed by atoms with Crippen LogP contribution in [0.1, 0.15) is 42.1 Å². The van der Waals surface area contributed by atoms with Crippen LogP contribution in [0.5, 0.6) is 0 Å². The number of benzene rings is 1. The molecule has 0 heterocycles. The summed E-state index contributed by atoms with van der Waals surface area (Å²) in [6.45, 7) is 7.04. The van der Waals surface area contributed by atoms with E-state index < -0.39 is 0 Å². The van der Waals surface area contributed by atoms with E-state index in [2.05, 4.69) is 27.9 Å². The van der Waals surface area contributed by atoms with Crippen molar-refractivity contribution in [3.63, 3.8) is 0 Å². The van der Waals surface area contributed by atoms with Crippen molar-refractivity contribution in [3.05, 3.63) is 35.1 Å². The Morgan fingerprint density at radius 3 is 2.50 bits per heavy atom. The van der Waals surface area contributed by atoms with Gasteiger partial charge in [-0.2, -0.15) is 0 Å². The van der Waals surface area contributed by atoms with Gasteiger partial charge in [-0.25, -0.2) is 4.39 Å². The lowest BCUT2D eigenvalue weighted by Crippen LogP contribution is -2.42. The second-order valence-electron chi connectivity index (χ2n) is 5.97. The molecule has 0 fully saturated rings. The van der Waals surface area contributed by atoms with Gasteiger partial charge < -0.3 is 20.7 Å². The van der Waals surface area contributed by atoms with Crippen molar-refractivity contribution in [2.75, 3.05) is 39.9 Å². The lowest BCUT2D eigenvalue weighted by atomic mass is 10.1. The Bertz CT molecular complexity index is 579. The van der Waals surface area contributed by atoms with Crippen LogP contribution in [0.3, 0.4) is 0 Å². The molecule has 3 N–H and O–H groups in total. The lowest BCUT2D eigenvalue weighted by molar-refractivity contribution is 0.0954. The van der Waals surface area contributed by atoms with E-state index in [0.29, 0.717) is 30.2 Å². The monoisotopic (exact) mass is 366 g/mol. The number of nitrogens with zero attached hydrogens (tertiary/aromatic N) is 1. The van der Waals surface area contributed by atoms with E-state index in [1.807, 2.05) is 0 Å². The van der Waals surface area contributed by atoms with Crippen LogP contribution in [0.15, 0.2) is 23.2 Å². The Kier molecular flexibility index (Phi) is 11.0. The number of carbonyl (C=O) groups excluding carboxylic acids is 1. The van der Waals surface area contributed by atoms with E-state index in [9.17, 15) is 9.18 Å². The Morgan fingerprint density at radius 1 is 1.12 bits per heavy atom. The standard InChI is InChI=1S/C19H31FN4O2/c1-4-5-12-26-13-6-9-23-19(21-3)24-11-10-22-18(25)16-8-7-15(2)17(20)14-16/h7-8,14H,4-6,9-13H2,1-3H3,(H,22,25)(H2,21,23,24). The summed E-state index contributed by atoms with van der Waals surface area (Å²) in [5.74, 6) is 0.00566. The second-order valence-corrected chi connectivity index (χ2v) is 5.97. The maximum absolute atomic E-state index is 13.5. The summed E-state index contributed by atoms with van der Waals surface area (Å²) in [5, 5.41) is 9.06. The molecule has 0 aliphatic rings. The molecule has 0 unspecified atom stereocenters. The van der Waals surface area contributed by atoms with Crippen molar-refractivity contribution in [2.45, 2.75) is 33.1 Å². The van der Waals surface area contributed by atoms with Crippen LogP contribution in [0.25, 0.3) is 0 Å². The van der Waals surface area contributed by atoms with Crippen LogP contribution >= 0.6 is 0 Å². The van der Waals surface area contributed by atoms with Gasteiger partial charge in [-0.15, -0.1) is 0 Å². The molecule has 0 aliphatic heterocycles. The first-order chi connectivity index (χ1) is 12.6. The van der Waals surface area contributed by atoms with Crippen LogP contribution in [0, 0.1) is 12.7 Å². The Hall–Kier alpha value is -2.15. The smallest absolute Gasteiger partial charge is 0.251 e. The lowest BCUT2D eigenvalue weighted by Gasteiger charge is -2.12. The fraction of sp³-hybridized carbons (Fsp3) is 0.579. The molecule has 146 valence electrons. The van der Waals surface area contributed by atoms with Gasteiger partial charge in [0, 0.05) is 45.5 Å². The first-order valence-electron chi connectivity index (χ1n) is 9.15. The van der Waals surface area contributed by atoms with Crippen LogP contribution in [0.4, 0.5) is 4.39 Å². The normalized spacial score (nSPS) is 11.3. The molecule has 0 atom stereocenters. The number of hydrogen-bond acceptors (Lipinski definition) is 3. The van der Waals surface area contributed by atoms with Gasteiger partial charge in [0.05, 0.1) is 0 Å². The van der Waals surface area contributed by atoms with E-state index in [-0.39, 0.29) is 11.7 Å². The van der Waals surface area contributed by atoms with Crippen LogP contribution in [0.2, 0.25) is 0 Å². The zero-order chi connectivity index (χ0) is 19.2. The maximum Gasteiger partial charge on any atom is 0.251 e. The highest BCUT2D eigenvalue weighted by Gasteiger charge is 2.07. The maximum atomic E-state index is 13.5. The van der Waals surface area contributed by atoms with Crippen LogP contribution in [-0.4, -0.2) is 51.8 Å². The number of ether oxygens (including phenoxy) is 1. The fourth-order valence-electron chi connectivity index (χ4n) is 2.14. The predicted octanol–water partition coefficient (Wildman–Crippen LogP) is 2.24. The van der Waals surface area contributed by atoms with Gasteiger partial charge in [0.25, 0.3) is 5.91 Å². The zero-order valence-corrected chi connectivity index (χ0v) is 16.0. The molecule has 0 saturated carbocycles. The van der Waals surface area contributed by atoms with Crippen molar-refractivity contribution in [1.82, 2.24) is 16.0 Å². The fourth-order valence-corrected chi connectivity index (χ4v) is 2.14. The molecule has 1 aromatic carbocycles. The Labute approximate surface area is 155 Å². The first-order valence-corrected chi connectivity index (χ1v) is 9.15. The number of halogens is 1. The molecule has 26 heavy (non-hydrogen) atoms. The number of unbranched alkanes of at least 4 members (excludes halogenated alkanes) is 1. The minimum absolute atomic E-state index is 0.294. The summed E-state index contributed by atoms with van der Waals surface area (Å²) < 4.78 is 19.0. The minimum atomic E-state index is -0.376. The molecule has 7 heteroatoms. The van der Waals surface area contributed by atoms with Gasteiger partial charge in [-0.3, -0.25) is 9.79 Å². The van der Waals surface area contributed by atoms with E-state index in [1.54, 1.807) is 26.1 Å². The third kappa shape index (κ3) is 8.80. The molecule has 1 amide bonds. The van der Waals surface area contributed by atoms with Gasteiger partial charge >= 0.3 is 0 Å². The summed E-state index contributed by atoms with van der Waals surface area (Å²) in [6.07, 6.45) is 3.14. The number of carbonyl (C=O) groups is 1. The van der Waals surface area contributed by atoms with Crippen molar-refractivity contribution in [1.29, 1.82) is 0 Å². The molecule has 0 spiro atoms. The van der Waals surface area contributed by atoms with Crippen LogP contribution < -0.4 is 16.0 Å². The average Bonchev–Trinajstić information content (AvgIpc) is 2.64. The molecule has 1 aromatic rings. The topological polar surface area (TPSA) is 74.8 Å². The third-order valence-electron chi connectivity index (χ3n) is 3.76. The van der Waals surface area contributed by atoms with Gasteiger partial charge in [-0.1, -0.05) is 19.4 Å². The third-order valence-corrected chi connectivity index (χ3v) is 3.76. The van der Waals surface area contributed by atoms with Gasteiger partial charge in [-0.05, 0) is 37.5 Å². The van der Waals surface area contributed by atoms with Crippen molar-refractivity contribution in [3.8, 4) is 0 Å². The Morgan fingerprint density at radius 2 is 1.81 bits per heavy atom. The molecule has 0 saturated heterocycles. The molecule has 6 nitrogen and oxygen atoms in total. The second kappa shape index (κ2) is 13.1. The summed E-state index contributed by atoms with van der Waals surface area (Å²) >= 11 is 0. The molecular formula is C19H31FN4O2. The largest absolute Gasteiger partial charge is 0.381 e. The number of amides is 1. The molecule has 0 aliphatic carbocycles.